The Labute approximate surface area is 227 Å². The average Bonchev–Trinajstić information content (AvgIpc) is 2.88. The standard InChI is InChI=1S/C33H52NO3/c1-6-9-10-11-12-13-15-20-28-23-25-30(26-24-28)36-32(19-8-3)37-33(35)31(18-7-2)34(4,5)27-29-21-16-14-17-22-29/h14,16-17,21-26,31-32H,6-13,15,18-20,27H2,1-5H3/q+1. The summed E-state index contributed by atoms with van der Waals surface area (Å²) in [6.45, 7) is 7.25. The molecule has 2 atom stereocenters. The normalized spacial score (nSPS) is 13.2. The Balaban J connectivity index is 1.92. The van der Waals surface area contributed by atoms with Gasteiger partial charge in [0.25, 0.3) is 0 Å². The summed E-state index contributed by atoms with van der Waals surface area (Å²) in [6, 6.07) is 18.5. The maximum atomic E-state index is 13.4. The van der Waals surface area contributed by atoms with Gasteiger partial charge in [-0.3, -0.25) is 0 Å². The highest BCUT2D eigenvalue weighted by molar-refractivity contribution is 5.74. The van der Waals surface area contributed by atoms with Crippen LogP contribution >= 0.6 is 0 Å². The van der Waals surface area contributed by atoms with Crippen molar-refractivity contribution in [1.82, 2.24) is 0 Å². The van der Waals surface area contributed by atoms with E-state index in [1.165, 1.54) is 56.1 Å². The summed E-state index contributed by atoms with van der Waals surface area (Å²) in [5.74, 6) is 0.594. The smallest absolute Gasteiger partial charge is 0.368 e. The van der Waals surface area contributed by atoms with Crippen LogP contribution in [-0.2, 0) is 22.5 Å². The van der Waals surface area contributed by atoms with Crippen molar-refractivity contribution in [2.24, 2.45) is 0 Å². The Hall–Kier alpha value is -2.33. The molecule has 2 unspecified atom stereocenters. The molecule has 206 valence electrons. The molecule has 0 N–H and O–H groups in total. The molecule has 0 fully saturated rings. The molecule has 0 saturated heterocycles. The van der Waals surface area contributed by atoms with Gasteiger partial charge in [0.05, 0.1) is 14.1 Å². The first kappa shape index (κ1) is 30.9. The summed E-state index contributed by atoms with van der Waals surface area (Å²) in [7, 11) is 4.24. The van der Waals surface area contributed by atoms with Gasteiger partial charge in [0.15, 0.2) is 6.04 Å². The van der Waals surface area contributed by atoms with Crippen LogP contribution in [0.4, 0.5) is 0 Å². The second-order valence-corrected chi connectivity index (χ2v) is 11.0. The Morgan fingerprint density at radius 3 is 1.97 bits per heavy atom. The van der Waals surface area contributed by atoms with Gasteiger partial charge in [0.1, 0.15) is 12.3 Å². The van der Waals surface area contributed by atoms with Crippen molar-refractivity contribution in [3.63, 3.8) is 0 Å². The summed E-state index contributed by atoms with van der Waals surface area (Å²) >= 11 is 0. The Bertz CT molecular complexity index is 863. The molecule has 2 rings (SSSR count). The number of hydrogen-bond donors (Lipinski definition) is 0. The molecule has 37 heavy (non-hydrogen) atoms. The van der Waals surface area contributed by atoms with Crippen molar-refractivity contribution in [1.29, 1.82) is 0 Å². The minimum atomic E-state index is -0.567. The van der Waals surface area contributed by atoms with Crippen molar-refractivity contribution in [2.45, 2.75) is 117 Å². The SMILES string of the molecule is CCCCCCCCCc1ccc(OC(CCC)OC(=O)C(CCC)[N+](C)(C)Cc2ccccc2)cc1. The molecule has 0 spiro atoms. The molecule has 2 aromatic carbocycles. The van der Waals surface area contributed by atoms with Crippen LogP contribution < -0.4 is 4.74 Å². The fraction of sp³-hybridized carbons (Fsp3) is 0.606. The van der Waals surface area contributed by atoms with Crippen LogP contribution in [0.5, 0.6) is 5.75 Å². The molecule has 0 amide bonds. The number of nitrogens with zero attached hydrogens (tertiary/aromatic N) is 1. The molecular formula is C33H52NO3+. The van der Waals surface area contributed by atoms with Gasteiger partial charge in [-0.25, -0.2) is 4.79 Å². The number of benzene rings is 2. The highest BCUT2D eigenvalue weighted by Gasteiger charge is 2.37. The summed E-state index contributed by atoms with van der Waals surface area (Å²) in [5, 5.41) is 0. The van der Waals surface area contributed by atoms with E-state index >= 15 is 0 Å². The fourth-order valence-electron chi connectivity index (χ4n) is 4.95. The fourth-order valence-corrected chi connectivity index (χ4v) is 4.95. The van der Waals surface area contributed by atoms with Gasteiger partial charge >= 0.3 is 5.97 Å². The number of unbranched alkanes of at least 4 members (excludes halogenated alkanes) is 6. The molecular weight excluding hydrogens is 458 g/mol. The number of ether oxygens (including phenoxy) is 2. The lowest BCUT2D eigenvalue weighted by molar-refractivity contribution is -0.920. The van der Waals surface area contributed by atoms with E-state index in [1.54, 1.807) is 0 Å². The van der Waals surface area contributed by atoms with E-state index in [1.807, 2.05) is 30.3 Å². The summed E-state index contributed by atoms with van der Waals surface area (Å²) < 4.78 is 12.7. The van der Waals surface area contributed by atoms with E-state index in [0.29, 0.717) is 10.9 Å². The Kier molecular flexibility index (Phi) is 14.4. The molecule has 0 aliphatic heterocycles. The lowest BCUT2D eigenvalue weighted by Crippen LogP contribution is -2.53. The van der Waals surface area contributed by atoms with Gasteiger partial charge in [0.2, 0.25) is 6.29 Å². The van der Waals surface area contributed by atoms with Crippen LogP contribution in [0.2, 0.25) is 0 Å². The first-order valence-corrected chi connectivity index (χ1v) is 14.7. The van der Waals surface area contributed by atoms with Gasteiger partial charge in [-0.05, 0) is 43.4 Å². The first-order valence-electron chi connectivity index (χ1n) is 14.7. The molecule has 0 aliphatic carbocycles. The highest BCUT2D eigenvalue weighted by atomic mass is 16.7. The zero-order chi connectivity index (χ0) is 26.9. The molecule has 0 heterocycles. The largest absolute Gasteiger partial charge is 0.455 e. The van der Waals surface area contributed by atoms with E-state index in [4.69, 9.17) is 9.47 Å². The summed E-state index contributed by atoms with van der Waals surface area (Å²) in [6.07, 6.45) is 13.1. The maximum absolute atomic E-state index is 13.4. The second kappa shape index (κ2) is 17.2. The van der Waals surface area contributed by atoms with Gasteiger partial charge < -0.3 is 14.0 Å². The van der Waals surface area contributed by atoms with E-state index in [9.17, 15) is 4.79 Å². The number of esters is 1. The van der Waals surface area contributed by atoms with E-state index in [0.717, 1.165) is 38.0 Å². The second-order valence-electron chi connectivity index (χ2n) is 11.0. The molecule has 0 radical (unpaired) electrons. The number of hydrogen-bond acceptors (Lipinski definition) is 3. The third-order valence-electron chi connectivity index (χ3n) is 7.14. The Morgan fingerprint density at radius 1 is 0.730 bits per heavy atom. The summed E-state index contributed by atoms with van der Waals surface area (Å²) in [5.41, 5.74) is 2.56. The first-order chi connectivity index (χ1) is 17.9. The number of quaternary nitrogens is 1. The molecule has 0 bridgehead atoms. The van der Waals surface area contributed by atoms with Crippen LogP contribution in [-0.4, -0.2) is 36.9 Å². The van der Waals surface area contributed by atoms with Crippen LogP contribution in [0.15, 0.2) is 54.6 Å². The molecule has 0 saturated carbocycles. The van der Waals surface area contributed by atoms with Gasteiger partial charge in [0, 0.05) is 18.4 Å². The van der Waals surface area contributed by atoms with Crippen LogP contribution in [0, 0.1) is 0 Å². The predicted molar refractivity (Wildman–Crippen MR) is 155 cm³/mol. The van der Waals surface area contributed by atoms with Crippen LogP contribution in [0.3, 0.4) is 0 Å². The zero-order valence-electron chi connectivity index (χ0n) is 24.2. The number of likely N-dealkylation sites (N-methyl/N-ethyl adjacent to an activating group) is 1. The Morgan fingerprint density at radius 2 is 1.35 bits per heavy atom. The van der Waals surface area contributed by atoms with E-state index in [2.05, 4.69) is 59.1 Å². The topological polar surface area (TPSA) is 35.5 Å². The van der Waals surface area contributed by atoms with Crippen LogP contribution in [0.25, 0.3) is 0 Å². The zero-order valence-corrected chi connectivity index (χ0v) is 24.2. The maximum Gasteiger partial charge on any atom is 0.368 e. The van der Waals surface area contributed by atoms with Crippen molar-refractivity contribution in [3.8, 4) is 5.75 Å². The highest BCUT2D eigenvalue weighted by Crippen LogP contribution is 2.23. The monoisotopic (exact) mass is 510 g/mol. The molecule has 0 aromatic heterocycles. The average molecular weight is 511 g/mol. The lowest BCUT2D eigenvalue weighted by atomic mass is 10.0. The number of carbonyl (C=O) groups is 1. The summed E-state index contributed by atoms with van der Waals surface area (Å²) in [4.78, 5) is 13.4. The molecule has 4 nitrogen and oxygen atoms in total. The van der Waals surface area contributed by atoms with Gasteiger partial charge in [-0.15, -0.1) is 0 Å². The quantitative estimate of drug-likeness (QED) is 0.0823. The molecule has 2 aromatic rings. The predicted octanol–water partition coefficient (Wildman–Crippen LogP) is 8.47. The van der Waals surface area contributed by atoms with Gasteiger partial charge in [-0.2, -0.15) is 0 Å². The molecule has 4 heteroatoms. The van der Waals surface area contributed by atoms with Crippen molar-refractivity contribution in [3.05, 3.63) is 65.7 Å². The third-order valence-corrected chi connectivity index (χ3v) is 7.14. The van der Waals surface area contributed by atoms with Crippen molar-refractivity contribution >= 4 is 5.97 Å². The van der Waals surface area contributed by atoms with Crippen LogP contribution in [0.1, 0.15) is 103 Å². The number of aryl methyl sites for hydroxylation is 1. The minimum absolute atomic E-state index is 0.170. The number of rotatable bonds is 19. The van der Waals surface area contributed by atoms with Gasteiger partial charge in [-0.1, -0.05) is 102 Å². The number of carbonyl (C=O) groups excluding carboxylic acids is 1. The van der Waals surface area contributed by atoms with E-state index in [-0.39, 0.29) is 12.0 Å². The van der Waals surface area contributed by atoms with Crippen molar-refractivity contribution in [2.75, 3.05) is 14.1 Å². The molecule has 0 aliphatic rings. The van der Waals surface area contributed by atoms with E-state index < -0.39 is 6.29 Å². The van der Waals surface area contributed by atoms with Crippen molar-refractivity contribution < 1.29 is 18.8 Å². The lowest BCUT2D eigenvalue weighted by Gasteiger charge is -2.37. The third kappa shape index (κ3) is 11.7. The minimum Gasteiger partial charge on any atom is -0.455 e.